The van der Waals surface area contributed by atoms with Crippen LogP contribution < -0.4 is 5.32 Å². The molecule has 4 rings (SSSR count). The van der Waals surface area contributed by atoms with Gasteiger partial charge in [-0.3, -0.25) is 0 Å². The summed E-state index contributed by atoms with van der Waals surface area (Å²) >= 11 is 6.04. The molecule has 0 atom stereocenters. The van der Waals surface area contributed by atoms with E-state index in [0.717, 1.165) is 28.3 Å². The van der Waals surface area contributed by atoms with Crippen LogP contribution in [0.1, 0.15) is 0 Å². The van der Waals surface area contributed by atoms with Crippen LogP contribution >= 0.6 is 11.6 Å². The molecule has 2 aromatic heterocycles. The van der Waals surface area contributed by atoms with Crippen molar-refractivity contribution in [1.29, 1.82) is 0 Å². The SMILES string of the molecule is Clc1cccc(Nc2ccnc3c(-c4ccccc4)cnn23)c1. The average Bonchev–Trinajstić information content (AvgIpc) is 3.01. The van der Waals surface area contributed by atoms with Crippen LogP contribution in [0, 0.1) is 0 Å². The zero-order valence-electron chi connectivity index (χ0n) is 12.1. The van der Waals surface area contributed by atoms with Gasteiger partial charge in [0, 0.05) is 22.5 Å². The van der Waals surface area contributed by atoms with Gasteiger partial charge in [0.2, 0.25) is 0 Å². The van der Waals surface area contributed by atoms with Crippen molar-refractivity contribution < 1.29 is 0 Å². The molecule has 0 fully saturated rings. The number of rotatable bonds is 3. The van der Waals surface area contributed by atoms with Gasteiger partial charge >= 0.3 is 0 Å². The molecule has 4 nitrogen and oxygen atoms in total. The molecule has 2 aromatic carbocycles. The zero-order chi connectivity index (χ0) is 15.6. The summed E-state index contributed by atoms with van der Waals surface area (Å²) in [5.74, 6) is 0.833. The molecule has 0 aliphatic rings. The summed E-state index contributed by atoms with van der Waals surface area (Å²) < 4.78 is 1.79. The van der Waals surface area contributed by atoms with E-state index in [1.54, 1.807) is 10.7 Å². The van der Waals surface area contributed by atoms with Crippen molar-refractivity contribution in [2.45, 2.75) is 0 Å². The highest BCUT2D eigenvalue weighted by molar-refractivity contribution is 6.30. The van der Waals surface area contributed by atoms with E-state index in [1.807, 2.05) is 54.7 Å². The minimum atomic E-state index is 0.686. The molecule has 2 heterocycles. The zero-order valence-corrected chi connectivity index (χ0v) is 12.9. The van der Waals surface area contributed by atoms with Gasteiger partial charge in [0.25, 0.3) is 0 Å². The van der Waals surface area contributed by atoms with Gasteiger partial charge in [-0.1, -0.05) is 48.0 Å². The summed E-state index contributed by atoms with van der Waals surface area (Å²) in [6, 6.07) is 19.6. The van der Waals surface area contributed by atoms with Crippen LogP contribution in [-0.2, 0) is 0 Å². The molecule has 0 saturated carbocycles. The monoisotopic (exact) mass is 320 g/mol. The van der Waals surface area contributed by atoms with Gasteiger partial charge in [-0.25, -0.2) is 4.98 Å². The lowest BCUT2D eigenvalue weighted by Gasteiger charge is -2.08. The van der Waals surface area contributed by atoms with Crippen LogP contribution in [0.4, 0.5) is 11.5 Å². The van der Waals surface area contributed by atoms with E-state index in [9.17, 15) is 0 Å². The summed E-state index contributed by atoms with van der Waals surface area (Å²) in [6.45, 7) is 0. The van der Waals surface area contributed by atoms with Gasteiger partial charge in [-0.2, -0.15) is 9.61 Å². The molecule has 0 aliphatic heterocycles. The van der Waals surface area contributed by atoms with Crippen molar-refractivity contribution in [3.8, 4) is 11.1 Å². The normalized spacial score (nSPS) is 10.8. The van der Waals surface area contributed by atoms with Crippen LogP contribution in [0.15, 0.2) is 73.1 Å². The van der Waals surface area contributed by atoms with Gasteiger partial charge < -0.3 is 5.32 Å². The predicted octanol–water partition coefficient (Wildman–Crippen LogP) is 4.79. The highest BCUT2D eigenvalue weighted by atomic mass is 35.5. The molecule has 0 amide bonds. The third-order valence-corrected chi connectivity index (χ3v) is 3.82. The third-order valence-electron chi connectivity index (χ3n) is 3.58. The first-order chi connectivity index (χ1) is 11.3. The fraction of sp³-hybridized carbons (Fsp3) is 0. The van der Waals surface area contributed by atoms with Gasteiger partial charge in [0.15, 0.2) is 5.65 Å². The molecule has 0 saturated heterocycles. The second kappa shape index (κ2) is 5.74. The van der Waals surface area contributed by atoms with Crippen molar-refractivity contribution in [2.24, 2.45) is 0 Å². The smallest absolute Gasteiger partial charge is 0.165 e. The largest absolute Gasteiger partial charge is 0.340 e. The van der Waals surface area contributed by atoms with Crippen molar-refractivity contribution in [1.82, 2.24) is 14.6 Å². The fourth-order valence-corrected chi connectivity index (χ4v) is 2.71. The van der Waals surface area contributed by atoms with Crippen molar-refractivity contribution in [2.75, 3.05) is 5.32 Å². The van der Waals surface area contributed by atoms with E-state index in [-0.39, 0.29) is 0 Å². The molecule has 5 heteroatoms. The maximum Gasteiger partial charge on any atom is 0.165 e. The van der Waals surface area contributed by atoms with Gasteiger partial charge in [0.1, 0.15) is 5.82 Å². The Labute approximate surface area is 138 Å². The number of nitrogens with one attached hydrogen (secondary N) is 1. The van der Waals surface area contributed by atoms with Gasteiger partial charge in [-0.15, -0.1) is 0 Å². The number of hydrogen-bond donors (Lipinski definition) is 1. The number of halogens is 1. The Balaban J connectivity index is 1.79. The summed E-state index contributed by atoms with van der Waals surface area (Å²) in [7, 11) is 0. The second-order valence-electron chi connectivity index (χ2n) is 5.13. The number of anilines is 2. The Morgan fingerprint density at radius 3 is 2.65 bits per heavy atom. The number of hydrogen-bond acceptors (Lipinski definition) is 3. The van der Waals surface area contributed by atoms with Crippen LogP contribution in [0.25, 0.3) is 16.8 Å². The topological polar surface area (TPSA) is 42.2 Å². The Bertz CT molecular complexity index is 963. The summed E-state index contributed by atoms with van der Waals surface area (Å²) in [4.78, 5) is 4.47. The van der Waals surface area contributed by atoms with E-state index in [0.29, 0.717) is 5.02 Å². The predicted molar refractivity (Wildman–Crippen MR) is 93.2 cm³/mol. The molecule has 112 valence electrons. The van der Waals surface area contributed by atoms with Crippen LogP contribution in [-0.4, -0.2) is 14.6 Å². The van der Waals surface area contributed by atoms with Crippen LogP contribution in [0.3, 0.4) is 0 Å². The minimum absolute atomic E-state index is 0.686. The molecule has 0 unspecified atom stereocenters. The third kappa shape index (κ3) is 2.64. The second-order valence-corrected chi connectivity index (χ2v) is 5.56. The molecule has 0 bridgehead atoms. The van der Waals surface area contributed by atoms with E-state index in [4.69, 9.17) is 11.6 Å². The number of fused-ring (bicyclic) bond motifs is 1. The quantitative estimate of drug-likeness (QED) is 0.590. The standard InChI is InChI=1S/C18H13ClN4/c19-14-7-4-8-15(11-14)22-17-9-10-20-18-16(12-21-23(17)18)13-5-2-1-3-6-13/h1-12,22H. The first-order valence-corrected chi connectivity index (χ1v) is 7.60. The lowest BCUT2D eigenvalue weighted by atomic mass is 10.1. The maximum atomic E-state index is 6.04. The molecule has 0 radical (unpaired) electrons. The minimum Gasteiger partial charge on any atom is -0.340 e. The first-order valence-electron chi connectivity index (χ1n) is 7.22. The molecule has 1 N–H and O–H groups in total. The van der Waals surface area contributed by atoms with Gasteiger partial charge in [0.05, 0.1) is 6.20 Å². The molecule has 0 aliphatic carbocycles. The number of aromatic nitrogens is 3. The summed E-state index contributed by atoms with van der Waals surface area (Å²) in [6.07, 6.45) is 3.61. The lowest BCUT2D eigenvalue weighted by Crippen LogP contribution is -2.00. The Morgan fingerprint density at radius 2 is 1.83 bits per heavy atom. The van der Waals surface area contributed by atoms with Crippen molar-refractivity contribution in [3.63, 3.8) is 0 Å². The van der Waals surface area contributed by atoms with E-state index < -0.39 is 0 Å². The van der Waals surface area contributed by atoms with E-state index >= 15 is 0 Å². The Hall–Kier alpha value is -2.85. The van der Waals surface area contributed by atoms with Crippen LogP contribution in [0.5, 0.6) is 0 Å². The van der Waals surface area contributed by atoms with Crippen molar-refractivity contribution in [3.05, 3.63) is 78.1 Å². The van der Waals surface area contributed by atoms with Crippen LogP contribution in [0.2, 0.25) is 5.02 Å². The molecule has 4 aromatic rings. The van der Waals surface area contributed by atoms with Crippen molar-refractivity contribution >= 4 is 28.8 Å². The molecule has 23 heavy (non-hydrogen) atoms. The fourth-order valence-electron chi connectivity index (χ4n) is 2.52. The van der Waals surface area contributed by atoms with Gasteiger partial charge in [-0.05, 0) is 29.8 Å². The average molecular weight is 321 g/mol. The Morgan fingerprint density at radius 1 is 0.957 bits per heavy atom. The maximum absolute atomic E-state index is 6.04. The number of nitrogens with zero attached hydrogens (tertiary/aromatic N) is 3. The molecule has 0 spiro atoms. The highest BCUT2D eigenvalue weighted by Crippen LogP contribution is 2.26. The summed E-state index contributed by atoms with van der Waals surface area (Å²) in [5.41, 5.74) is 3.81. The number of benzene rings is 2. The molecular formula is C18H13ClN4. The van der Waals surface area contributed by atoms with E-state index in [2.05, 4.69) is 27.5 Å². The van der Waals surface area contributed by atoms with E-state index in [1.165, 1.54) is 0 Å². The Kier molecular flexibility index (Phi) is 3.44. The molecular weight excluding hydrogens is 308 g/mol. The summed E-state index contributed by atoms with van der Waals surface area (Å²) in [5, 5.41) is 8.49. The first kappa shape index (κ1) is 13.8. The highest BCUT2D eigenvalue weighted by Gasteiger charge is 2.10. The lowest BCUT2D eigenvalue weighted by molar-refractivity contribution is 0.947.